The number of fused-ring (bicyclic) bond motifs is 1. The summed E-state index contributed by atoms with van der Waals surface area (Å²) in [7, 11) is 1.89. The number of ether oxygens (including phenoxy) is 1. The van der Waals surface area contributed by atoms with Crippen molar-refractivity contribution in [3.63, 3.8) is 0 Å². The number of hydrogen-bond acceptors (Lipinski definition) is 5. The monoisotopic (exact) mass is 332 g/mol. The molecule has 2 aromatic heterocycles. The summed E-state index contributed by atoms with van der Waals surface area (Å²) in [5, 5.41) is 13.5. The number of rotatable bonds is 4. The first-order valence-electron chi connectivity index (χ1n) is 7.82. The van der Waals surface area contributed by atoms with E-state index in [1.54, 1.807) is 18.2 Å². The topological polar surface area (TPSA) is 83.1 Å². The summed E-state index contributed by atoms with van der Waals surface area (Å²) in [4.78, 5) is 11.8. The Bertz CT molecular complexity index is 1040. The molecular formula is C19H16N4O2. The van der Waals surface area contributed by atoms with Crippen molar-refractivity contribution in [1.29, 1.82) is 0 Å². The van der Waals surface area contributed by atoms with Gasteiger partial charge in [0.25, 0.3) is 0 Å². The molecule has 0 radical (unpaired) electrons. The maximum absolute atomic E-state index is 9.58. The van der Waals surface area contributed by atoms with Gasteiger partial charge in [-0.05, 0) is 30.3 Å². The molecular weight excluding hydrogens is 316 g/mol. The maximum Gasteiger partial charge on any atom is 0.231 e. The van der Waals surface area contributed by atoms with Crippen LogP contribution in [0.5, 0.6) is 17.4 Å². The molecule has 0 saturated heterocycles. The van der Waals surface area contributed by atoms with Crippen LogP contribution in [0.1, 0.15) is 0 Å². The van der Waals surface area contributed by atoms with Crippen molar-refractivity contribution in [2.75, 3.05) is 12.4 Å². The minimum atomic E-state index is 0.140. The second kappa shape index (κ2) is 6.16. The number of phenolic OH excluding ortho intramolecular Hbond substituents is 1. The lowest BCUT2D eigenvalue weighted by atomic mass is 10.1. The summed E-state index contributed by atoms with van der Waals surface area (Å²) in [5.74, 6) is 1.09. The van der Waals surface area contributed by atoms with Gasteiger partial charge in [-0.25, -0.2) is 9.97 Å². The second-order valence-electron chi connectivity index (χ2n) is 5.55. The van der Waals surface area contributed by atoms with Crippen LogP contribution in [0.4, 0.5) is 5.69 Å². The third kappa shape index (κ3) is 2.97. The van der Waals surface area contributed by atoms with Crippen molar-refractivity contribution in [1.82, 2.24) is 15.0 Å². The Hall–Kier alpha value is -3.54. The first-order chi connectivity index (χ1) is 12.2. The van der Waals surface area contributed by atoms with Gasteiger partial charge in [0.2, 0.25) is 5.88 Å². The summed E-state index contributed by atoms with van der Waals surface area (Å²) >= 11 is 0. The third-order valence-corrected chi connectivity index (χ3v) is 3.88. The predicted molar refractivity (Wildman–Crippen MR) is 97.1 cm³/mol. The molecule has 3 N–H and O–H groups in total. The highest BCUT2D eigenvalue weighted by atomic mass is 16.5. The zero-order valence-electron chi connectivity index (χ0n) is 13.5. The van der Waals surface area contributed by atoms with Crippen LogP contribution in [-0.4, -0.2) is 27.1 Å². The summed E-state index contributed by atoms with van der Waals surface area (Å²) < 4.78 is 5.82. The average molecular weight is 332 g/mol. The van der Waals surface area contributed by atoms with Crippen molar-refractivity contribution in [2.45, 2.75) is 0 Å². The van der Waals surface area contributed by atoms with Crippen molar-refractivity contribution >= 4 is 16.7 Å². The fourth-order valence-electron chi connectivity index (χ4n) is 2.65. The van der Waals surface area contributed by atoms with Crippen molar-refractivity contribution < 1.29 is 9.84 Å². The summed E-state index contributed by atoms with van der Waals surface area (Å²) in [6.07, 6.45) is 1.45. The SMILES string of the molecule is CNc1cccc(-c2cc3c(Oc4cccc(O)c4)ncnc3[nH]2)c1. The number of phenols is 1. The van der Waals surface area contributed by atoms with E-state index in [1.165, 1.54) is 12.4 Å². The number of aromatic amines is 1. The number of aromatic nitrogens is 3. The van der Waals surface area contributed by atoms with Crippen LogP contribution < -0.4 is 10.1 Å². The molecule has 6 nitrogen and oxygen atoms in total. The van der Waals surface area contributed by atoms with Gasteiger partial charge in [-0.1, -0.05) is 18.2 Å². The molecule has 0 unspecified atom stereocenters. The third-order valence-electron chi connectivity index (χ3n) is 3.88. The predicted octanol–water partition coefficient (Wildman–Crippen LogP) is 4.16. The van der Waals surface area contributed by atoms with E-state index >= 15 is 0 Å². The Labute approximate surface area is 144 Å². The Morgan fingerprint density at radius 3 is 2.76 bits per heavy atom. The Morgan fingerprint density at radius 2 is 1.92 bits per heavy atom. The lowest BCUT2D eigenvalue weighted by molar-refractivity contribution is 0.448. The molecule has 25 heavy (non-hydrogen) atoms. The van der Waals surface area contributed by atoms with Gasteiger partial charge in [0.15, 0.2) is 0 Å². The van der Waals surface area contributed by atoms with E-state index < -0.39 is 0 Å². The molecule has 0 spiro atoms. The molecule has 6 heteroatoms. The molecule has 0 aliphatic heterocycles. The summed E-state index contributed by atoms with van der Waals surface area (Å²) in [6, 6.07) is 16.6. The number of aromatic hydroxyl groups is 1. The van der Waals surface area contributed by atoms with Gasteiger partial charge in [0, 0.05) is 30.1 Å². The Morgan fingerprint density at radius 1 is 1.04 bits per heavy atom. The number of benzene rings is 2. The highest BCUT2D eigenvalue weighted by molar-refractivity contribution is 5.87. The van der Waals surface area contributed by atoms with E-state index in [4.69, 9.17) is 4.74 Å². The van der Waals surface area contributed by atoms with E-state index in [0.29, 0.717) is 17.3 Å². The van der Waals surface area contributed by atoms with Crippen LogP contribution in [-0.2, 0) is 0 Å². The summed E-state index contributed by atoms with van der Waals surface area (Å²) in [5.41, 5.74) is 3.68. The average Bonchev–Trinajstić information content (AvgIpc) is 3.07. The molecule has 0 aliphatic carbocycles. The maximum atomic E-state index is 9.58. The highest BCUT2D eigenvalue weighted by Crippen LogP contribution is 2.32. The van der Waals surface area contributed by atoms with Gasteiger partial charge < -0.3 is 20.1 Å². The summed E-state index contributed by atoms with van der Waals surface area (Å²) in [6.45, 7) is 0. The molecule has 2 aromatic carbocycles. The fourth-order valence-corrected chi connectivity index (χ4v) is 2.65. The van der Waals surface area contributed by atoms with Crippen molar-refractivity contribution in [3.05, 3.63) is 60.9 Å². The number of nitrogens with one attached hydrogen (secondary N) is 2. The zero-order chi connectivity index (χ0) is 17.2. The molecule has 0 amide bonds. The van der Waals surface area contributed by atoms with Gasteiger partial charge in [-0.3, -0.25) is 0 Å². The Balaban J connectivity index is 1.75. The zero-order valence-corrected chi connectivity index (χ0v) is 13.5. The van der Waals surface area contributed by atoms with Gasteiger partial charge in [-0.15, -0.1) is 0 Å². The van der Waals surface area contributed by atoms with Crippen LogP contribution in [0.2, 0.25) is 0 Å². The van der Waals surface area contributed by atoms with Crippen LogP contribution >= 0.6 is 0 Å². The molecule has 0 fully saturated rings. The molecule has 0 atom stereocenters. The molecule has 0 bridgehead atoms. The molecule has 2 heterocycles. The fraction of sp³-hybridized carbons (Fsp3) is 0.0526. The largest absolute Gasteiger partial charge is 0.508 e. The smallest absolute Gasteiger partial charge is 0.231 e. The van der Waals surface area contributed by atoms with Crippen molar-refractivity contribution in [3.8, 4) is 28.6 Å². The Kier molecular flexibility index (Phi) is 3.70. The van der Waals surface area contributed by atoms with E-state index in [0.717, 1.165) is 22.3 Å². The first kappa shape index (κ1) is 15.0. The normalized spacial score (nSPS) is 10.8. The van der Waals surface area contributed by atoms with Gasteiger partial charge >= 0.3 is 0 Å². The van der Waals surface area contributed by atoms with Crippen LogP contribution in [0, 0.1) is 0 Å². The number of anilines is 1. The van der Waals surface area contributed by atoms with Crippen LogP contribution in [0.3, 0.4) is 0 Å². The molecule has 0 aliphatic rings. The molecule has 124 valence electrons. The molecule has 4 aromatic rings. The van der Waals surface area contributed by atoms with E-state index in [-0.39, 0.29) is 5.75 Å². The van der Waals surface area contributed by atoms with Crippen molar-refractivity contribution in [2.24, 2.45) is 0 Å². The second-order valence-corrected chi connectivity index (χ2v) is 5.55. The number of hydrogen-bond donors (Lipinski definition) is 3. The van der Waals surface area contributed by atoms with Crippen LogP contribution in [0.15, 0.2) is 60.9 Å². The minimum Gasteiger partial charge on any atom is -0.508 e. The van der Waals surface area contributed by atoms with E-state index in [2.05, 4.69) is 20.3 Å². The van der Waals surface area contributed by atoms with Crippen LogP contribution in [0.25, 0.3) is 22.3 Å². The number of H-pyrrole nitrogens is 1. The van der Waals surface area contributed by atoms with Gasteiger partial charge in [0.05, 0.1) is 5.39 Å². The van der Waals surface area contributed by atoms with E-state index in [9.17, 15) is 5.11 Å². The minimum absolute atomic E-state index is 0.140. The first-order valence-corrected chi connectivity index (χ1v) is 7.82. The number of nitrogens with zero attached hydrogens (tertiary/aromatic N) is 2. The quantitative estimate of drug-likeness (QED) is 0.522. The molecule has 4 rings (SSSR count). The highest BCUT2D eigenvalue weighted by Gasteiger charge is 2.11. The molecule has 0 saturated carbocycles. The van der Waals surface area contributed by atoms with E-state index in [1.807, 2.05) is 37.4 Å². The van der Waals surface area contributed by atoms with Gasteiger partial charge in [0.1, 0.15) is 23.5 Å². The standard InChI is InChI=1S/C19H16N4O2/c1-20-13-5-2-4-12(8-13)17-10-16-18(23-17)21-11-22-19(16)25-15-7-3-6-14(24)9-15/h2-11,20,24H,1H3,(H,21,22,23). The lowest BCUT2D eigenvalue weighted by Crippen LogP contribution is -1.89. The lowest BCUT2D eigenvalue weighted by Gasteiger charge is -2.05. The van der Waals surface area contributed by atoms with Gasteiger partial charge in [-0.2, -0.15) is 0 Å².